The zero-order valence-corrected chi connectivity index (χ0v) is 7.21. The maximum atomic E-state index is 9.70. The van der Waals surface area contributed by atoms with Crippen molar-refractivity contribution in [1.29, 1.82) is 0 Å². The molecule has 2 nitrogen and oxygen atoms in total. The van der Waals surface area contributed by atoms with Gasteiger partial charge in [0.05, 0.1) is 11.7 Å². The van der Waals surface area contributed by atoms with Gasteiger partial charge in [0.1, 0.15) is 0 Å². The summed E-state index contributed by atoms with van der Waals surface area (Å²) in [5.41, 5.74) is -0.252. The Kier molecular flexibility index (Phi) is 1.52. The van der Waals surface area contributed by atoms with E-state index in [-0.39, 0.29) is 11.7 Å². The molecule has 0 bridgehead atoms. The zero-order chi connectivity index (χ0) is 8.06. The van der Waals surface area contributed by atoms with Crippen molar-refractivity contribution in [2.45, 2.75) is 37.9 Å². The van der Waals surface area contributed by atoms with Crippen LogP contribution < -0.4 is 0 Å². The van der Waals surface area contributed by atoms with Crippen LogP contribution in [0.15, 0.2) is 0 Å². The second kappa shape index (κ2) is 2.20. The largest absolute Gasteiger partial charge is 0.390 e. The van der Waals surface area contributed by atoms with Crippen molar-refractivity contribution in [3.8, 4) is 0 Å². The third-order valence-electron chi connectivity index (χ3n) is 3.43. The van der Waals surface area contributed by atoms with E-state index in [0.29, 0.717) is 0 Å². The highest BCUT2D eigenvalue weighted by molar-refractivity contribution is 5.02. The summed E-state index contributed by atoms with van der Waals surface area (Å²) in [5, 5.41) is 9.70. The van der Waals surface area contributed by atoms with Gasteiger partial charge >= 0.3 is 0 Å². The summed E-state index contributed by atoms with van der Waals surface area (Å²) in [6.07, 6.45) is 3.08. The van der Waals surface area contributed by atoms with Crippen LogP contribution in [0, 0.1) is 11.8 Å². The van der Waals surface area contributed by atoms with Gasteiger partial charge < -0.3 is 9.84 Å². The minimum absolute atomic E-state index is 0.240. The Labute approximate surface area is 67.6 Å². The highest BCUT2D eigenvalue weighted by Gasteiger charge is 2.51. The number of methoxy groups -OCH3 is 1. The van der Waals surface area contributed by atoms with Crippen molar-refractivity contribution >= 4 is 0 Å². The fourth-order valence-corrected chi connectivity index (χ4v) is 2.26. The van der Waals surface area contributed by atoms with Crippen LogP contribution in [-0.2, 0) is 4.74 Å². The molecule has 0 aromatic rings. The molecule has 0 radical (unpaired) electrons. The molecule has 0 amide bonds. The molecule has 4 atom stereocenters. The first-order valence-electron chi connectivity index (χ1n) is 4.39. The molecule has 2 aliphatic carbocycles. The number of rotatable bonds is 1. The average Bonchev–Trinajstić information content (AvgIpc) is 2.67. The number of aliphatic hydroxyl groups is 1. The number of aliphatic hydroxyl groups excluding tert-OH is 1. The van der Waals surface area contributed by atoms with E-state index in [1.54, 1.807) is 7.11 Å². The van der Waals surface area contributed by atoms with E-state index in [9.17, 15) is 5.11 Å². The summed E-state index contributed by atoms with van der Waals surface area (Å²) in [6.45, 7) is 2.02. The maximum absolute atomic E-state index is 9.70. The fourth-order valence-electron chi connectivity index (χ4n) is 2.26. The Bertz CT molecular complexity index is 169. The van der Waals surface area contributed by atoms with Gasteiger partial charge in [-0.25, -0.2) is 0 Å². The van der Waals surface area contributed by atoms with Crippen LogP contribution in [0.5, 0.6) is 0 Å². The minimum atomic E-state index is -0.252. The summed E-state index contributed by atoms with van der Waals surface area (Å²) in [5.74, 6) is 1.66. The quantitative estimate of drug-likeness (QED) is 0.617. The molecule has 1 N–H and O–H groups in total. The predicted octanol–water partition coefficient (Wildman–Crippen LogP) is 1.18. The van der Waals surface area contributed by atoms with Gasteiger partial charge in [-0.15, -0.1) is 0 Å². The second-order valence-corrected chi connectivity index (χ2v) is 4.23. The standard InChI is InChI=1S/C9H16O2/c1-9(11-2)5-7-3-6(7)4-8(9)10/h6-8,10H,3-5H2,1-2H3/t6?,7?,8-,9-/m1/s1. The first-order valence-corrected chi connectivity index (χ1v) is 4.39. The maximum Gasteiger partial charge on any atom is 0.0911 e. The Hall–Kier alpha value is -0.0800. The molecule has 0 aromatic carbocycles. The van der Waals surface area contributed by atoms with Gasteiger partial charge in [0.15, 0.2) is 0 Å². The lowest BCUT2D eigenvalue weighted by molar-refractivity contribution is -0.114. The summed E-state index contributed by atoms with van der Waals surface area (Å²) >= 11 is 0. The topological polar surface area (TPSA) is 29.5 Å². The normalized spacial score (nSPS) is 55.4. The molecule has 0 aromatic heterocycles. The van der Waals surface area contributed by atoms with E-state index in [4.69, 9.17) is 4.74 Å². The van der Waals surface area contributed by atoms with Crippen LogP contribution >= 0.6 is 0 Å². The first kappa shape index (κ1) is 7.56. The van der Waals surface area contributed by atoms with E-state index in [1.807, 2.05) is 6.92 Å². The molecule has 2 unspecified atom stereocenters. The Morgan fingerprint density at radius 2 is 2.09 bits per heavy atom. The Balaban J connectivity index is 2.08. The summed E-state index contributed by atoms with van der Waals surface area (Å²) in [6, 6.07) is 0. The summed E-state index contributed by atoms with van der Waals surface area (Å²) < 4.78 is 5.34. The zero-order valence-electron chi connectivity index (χ0n) is 7.21. The number of fused-ring (bicyclic) bond motifs is 1. The smallest absolute Gasteiger partial charge is 0.0911 e. The minimum Gasteiger partial charge on any atom is -0.390 e. The van der Waals surface area contributed by atoms with Gasteiger partial charge in [-0.3, -0.25) is 0 Å². The highest BCUT2D eigenvalue weighted by Crippen LogP contribution is 2.53. The van der Waals surface area contributed by atoms with Crippen molar-refractivity contribution in [2.75, 3.05) is 7.11 Å². The Morgan fingerprint density at radius 1 is 1.36 bits per heavy atom. The van der Waals surface area contributed by atoms with Crippen LogP contribution in [0.3, 0.4) is 0 Å². The van der Waals surface area contributed by atoms with Crippen molar-refractivity contribution in [3.63, 3.8) is 0 Å². The fraction of sp³-hybridized carbons (Fsp3) is 1.00. The van der Waals surface area contributed by atoms with Gasteiger partial charge in [-0.2, -0.15) is 0 Å². The molecular weight excluding hydrogens is 140 g/mol. The lowest BCUT2D eigenvalue weighted by Gasteiger charge is -2.36. The van der Waals surface area contributed by atoms with E-state index in [2.05, 4.69) is 0 Å². The SMILES string of the molecule is CO[C@]1(C)CC2CC2C[C@H]1O. The molecule has 11 heavy (non-hydrogen) atoms. The van der Waals surface area contributed by atoms with Gasteiger partial charge in [0, 0.05) is 7.11 Å². The monoisotopic (exact) mass is 156 g/mol. The third kappa shape index (κ3) is 1.09. The number of ether oxygens (including phenoxy) is 1. The second-order valence-electron chi connectivity index (χ2n) is 4.23. The molecular formula is C9H16O2. The molecule has 2 aliphatic rings. The molecule has 0 saturated heterocycles. The third-order valence-corrected chi connectivity index (χ3v) is 3.43. The van der Waals surface area contributed by atoms with Crippen LogP contribution in [0.1, 0.15) is 26.2 Å². The molecule has 2 fully saturated rings. The molecule has 2 saturated carbocycles. The molecule has 2 rings (SSSR count). The average molecular weight is 156 g/mol. The van der Waals surface area contributed by atoms with Crippen molar-refractivity contribution in [2.24, 2.45) is 11.8 Å². The van der Waals surface area contributed by atoms with Gasteiger partial charge in [-0.1, -0.05) is 0 Å². The van der Waals surface area contributed by atoms with Crippen molar-refractivity contribution in [1.82, 2.24) is 0 Å². The van der Waals surface area contributed by atoms with E-state index in [1.165, 1.54) is 6.42 Å². The lowest BCUT2D eigenvalue weighted by Crippen LogP contribution is -2.44. The van der Waals surface area contributed by atoms with Crippen LogP contribution in [-0.4, -0.2) is 23.9 Å². The Morgan fingerprint density at radius 3 is 2.73 bits per heavy atom. The van der Waals surface area contributed by atoms with Crippen LogP contribution in [0.25, 0.3) is 0 Å². The van der Waals surface area contributed by atoms with Crippen LogP contribution in [0.2, 0.25) is 0 Å². The van der Waals surface area contributed by atoms with Gasteiger partial charge in [0.25, 0.3) is 0 Å². The number of hydrogen-bond donors (Lipinski definition) is 1. The summed E-state index contributed by atoms with van der Waals surface area (Å²) in [4.78, 5) is 0. The van der Waals surface area contributed by atoms with Gasteiger partial charge in [0.2, 0.25) is 0 Å². The van der Waals surface area contributed by atoms with Crippen LogP contribution in [0.4, 0.5) is 0 Å². The van der Waals surface area contributed by atoms with E-state index in [0.717, 1.165) is 24.7 Å². The number of hydrogen-bond acceptors (Lipinski definition) is 2. The van der Waals surface area contributed by atoms with Crippen molar-refractivity contribution in [3.05, 3.63) is 0 Å². The first-order chi connectivity index (χ1) is 5.15. The predicted molar refractivity (Wildman–Crippen MR) is 42.3 cm³/mol. The highest BCUT2D eigenvalue weighted by atomic mass is 16.5. The van der Waals surface area contributed by atoms with E-state index < -0.39 is 0 Å². The molecule has 64 valence electrons. The molecule has 2 heteroatoms. The van der Waals surface area contributed by atoms with Crippen molar-refractivity contribution < 1.29 is 9.84 Å². The van der Waals surface area contributed by atoms with E-state index >= 15 is 0 Å². The van der Waals surface area contributed by atoms with Gasteiger partial charge in [-0.05, 0) is 38.0 Å². The molecule has 0 heterocycles. The summed E-state index contributed by atoms with van der Waals surface area (Å²) in [7, 11) is 1.70. The molecule has 0 aliphatic heterocycles. The molecule has 0 spiro atoms. The lowest BCUT2D eigenvalue weighted by atomic mass is 9.84.